The Labute approximate surface area is 177 Å². The Kier molecular flexibility index (Phi) is 5.73. The molecule has 4 rings (SSSR count). The number of hydrogen-bond donors (Lipinski definition) is 2. The van der Waals surface area contributed by atoms with Crippen LogP contribution in [0.1, 0.15) is 17.7 Å². The first-order chi connectivity index (χ1) is 14.0. The Hall–Kier alpha value is -2.58. The summed E-state index contributed by atoms with van der Waals surface area (Å²) in [5, 5.41) is 14.0. The molecule has 1 aliphatic heterocycles. The summed E-state index contributed by atoms with van der Waals surface area (Å²) in [4.78, 5) is 26.4. The Balaban J connectivity index is 1.27. The molecule has 1 aromatic heterocycles. The van der Waals surface area contributed by atoms with E-state index in [0.29, 0.717) is 41.8 Å². The number of carbonyl (C=O) groups excluding carboxylic acids is 2. The molecule has 2 heterocycles. The lowest BCUT2D eigenvalue weighted by molar-refractivity contribution is -0.123. The van der Waals surface area contributed by atoms with Gasteiger partial charge in [-0.1, -0.05) is 29.3 Å². The van der Waals surface area contributed by atoms with Crippen molar-refractivity contribution < 1.29 is 14.3 Å². The van der Waals surface area contributed by atoms with Crippen molar-refractivity contribution in [1.82, 2.24) is 25.6 Å². The number of ether oxygens (including phenoxy) is 1. The van der Waals surface area contributed by atoms with Gasteiger partial charge in [-0.3, -0.25) is 4.79 Å². The van der Waals surface area contributed by atoms with E-state index in [4.69, 9.17) is 27.9 Å². The molecule has 10 heteroatoms. The third kappa shape index (κ3) is 4.71. The number of halogens is 2. The van der Waals surface area contributed by atoms with E-state index in [2.05, 4.69) is 20.7 Å². The van der Waals surface area contributed by atoms with Gasteiger partial charge in [0.1, 0.15) is 12.3 Å². The first kappa shape index (κ1) is 19.7. The molecule has 1 saturated heterocycles. The van der Waals surface area contributed by atoms with Crippen molar-refractivity contribution in [3.05, 3.63) is 57.3 Å². The van der Waals surface area contributed by atoms with Gasteiger partial charge in [0.2, 0.25) is 5.91 Å². The minimum absolute atomic E-state index is 0.0399. The Morgan fingerprint density at radius 1 is 1.28 bits per heavy atom. The van der Waals surface area contributed by atoms with Crippen LogP contribution in [0, 0.1) is 11.8 Å². The minimum Gasteiger partial charge on any atom is -0.445 e. The number of hydrogen-bond acceptors (Lipinski definition) is 5. The maximum absolute atomic E-state index is 12.4. The number of nitrogens with zero attached hydrogens (tertiary/aromatic N) is 3. The third-order valence-electron chi connectivity index (χ3n) is 5.08. The second kappa shape index (κ2) is 8.42. The van der Waals surface area contributed by atoms with Gasteiger partial charge in [-0.25, -0.2) is 4.79 Å². The third-order valence-corrected chi connectivity index (χ3v) is 5.52. The van der Waals surface area contributed by atoms with E-state index in [1.165, 1.54) is 0 Å². The lowest BCUT2D eigenvalue weighted by Gasteiger charge is -2.17. The summed E-state index contributed by atoms with van der Waals surface area (Å²) in [6, 6.07) is 5.05. The molecular formula is C19H19Cl2N5O3. The molecule has 152 valence electrons. The van der Waals surface area contributed by atoms with E-state index in [-0.39, 0.29) is 30.4 Å². The van der Waals surface area contributed by atoms with Gasteiger partial charge >= 0.3 is 6.09 Å². The number of H-pyrrole nitrogens is 1. The topological polar surface area (TPSA) is 100 Å². The van der Waals surface area contributed by atoms with E-state index in [1.54, 1.807) is 29.3 Å². The van der Waals surface area contributed by atoms with Crippen LogP contribution in [0.5, 0.6) is 0 Å². The zero-order chi connectivity index (χ0) is 20.4. The van der Waals surface area contributed by atoms with Crippen LogP contribution in [0.25, 0.3) is 0 Å². The zero-order valence-electron chi connectivity index (χ0n) is 15.4. The molecule has 2 aromatic rings. The smallest absolute Gasteiger partial charge is 0.410 e. The lowest BCUT2D eigenvalue weighted by Crippen LogP contribution is -2.32. The largest absolute Gasteiger partial charge is 0.445 e. The fourth-order valence-corrected chi connectivity index (χ4v) is 4.29. The number of rotatable bonds is 5. The fourth-order valence-electron chi connectivity index (χ4n) is 3.72. The maximum Gasteiger partial charge on any atom is 0.410 e. The number of likely N-dealkylation sites (tertiary alicyclic amines) is 1. The van der Waals surface area contributed by atoms with Crippen molar-refractivity contribution in [1.29, 1.82) is 0 Å². The van der Waals surface area contributed by atoms with Crippen LogP contribution in [-0.2, 0) is 22.7 Å². The number of fused-ring (bicyclic) bond motifs is 1. The van der Waals surface area contributed by atoms with Gasteiger partial charge in [0.15, 0.2) is 0 Å². The molecule has 0 saturated carbocycles. The molecule has 2 N–H and O–H groups in total. The van der Waals surface area contributed by atoms with Gasteiger partial charge in [-0.15, -0.1) is 0 Å². The number of nitrogens with one attached hydrogen (secondary N) is 2. The van der Waals surface area contributed by atoms with E-state index >= 15 is 0 Å². The monoisotopic (exact) mass is 435 g/mol. The number of carbonyl (C=O) groups is 2. The summed E-state index contributed by atoms with van der Waals surface area (Å²) in [6.45, 7) is 1.47. The average molecular weight is 436 g/mol. The molecule has 0 bridgehead atoms. The zero-order valence-corrected chi connectivity index (χ0v) is 16.9. The molecule has 0 spiro atoms. The molecule has 2 aliphatic rings. The fraction of sp³-hybridized carbons (Fsp3) is 0.368. The number of benzene rings is 1. The Morgan fingerprint density at radius 2 is 2.07 bits per heavy atom. The summed E-state index contributed by atoms with van der Waals surface area (Å²) in [5.74, 6) is -0.0403. The van der Waals surface area contributed by atoms with E-state index < -0.39 is 0 Å². The molecule has 1 aromatic carbocycles. The van der Waals surface area contributed by atoms with Gasteiger partial charge in [-0.05, 0) is 35.8 Å². The van der Waals surface area contributed by atoms with Gasteiger partial charge in [0.25, 0.3) is 0 Å². The molecule has 8 nitrogen and oxygen atoms in total. The molecule has 2 atom stereocenters. The standard InChI is InChI=1S/C19H19Cl2N5O3/c20-15-1-11(2-16(21)5-15)10-29-19(28)26-8-13-3-12(4-14(13)9-26)18(27)22-6-17-7-23-25-24-17/h1-3,5,7,12,14H,4,6,8-10H2,(H,22,27)(H,23,24,25)/t12-,14+/m1/s1. The summed E-state index contributed by atoms with van der Waals surface area (Å²) in [7, 11) is 0. The van der Waals surface area contributed by atoms with E-state index in [1.807, 2.05) is 6.08 Å². The van der Waals surface area contributed by atoms with E-state index in [9.17, 15) is 9.59 Å². The minimum atomic E-state index is -0.386. The maximum atomic E-state index is 12.4. The van der Waals surface area contributed by atoms with Crippen molar-refractivity contribution >= 4 is 35.2 Å². The quantitative estimate of drug-likeness (QED) is 0.703. The van der Waals surface area contributed by atoms with Crippen molar-refractivity contribution in [3.63, 3.8) is 0 Å². The Morgan fingerprint density at radius 3 is 2.76 bits per heavy atom. The molecule has 1 fully saturated rings. The predicted octanol–water partition coefficient (Wildman–Crippen LogP) is 2.94. The number of aromatic amines is 1. The van der Waals surface area contributed by atoms with Gasteiger partial charge < -0.3 is 15.0 Å². The highest BCUT2D eigenvalue weighted by atomic mass is 35.5. The van der Waals surface area contributed by atoms with Crippen LogP contribution >= 0.6 is 23.2 Å². The molecule has 29 heavy (non-hydrogen) atoms. The molecule has 1 aliphatic carbocycles. The highest BCUT2D eigenvalue weighted by Gasteiger charge is 2.38. The van der Waals surface area contributed by atoms with Crippen molar-refractivity contribution in [3.8, 4) is 0 Å². The first-order valence-corrected chi connectivity index (χ1v) is 9.93. The molecule has 2 amide bonds. The highest BCUT2D eigenvalue weighted by molar-refractivity contribution is 6.34. The SMILES string of the molecule is O=C(NCc1cn[nH]n1)[C@@H]1C=C2CN(C(=O)OCc3cc(Cl)cc(Cl)c3)C[C@@H]2C1. The van der Waals surface area contributed by atoms with Crippen molar-refractivity contribution in [2.45, 2.75) is 19.6 Å². The van der Waals surface area contributed by atoms with Gasteiger partial charge in [0, 0.05) is 29.1 Å². The molecular weight excluding hydrogens is 417 g/mol. The normalized spacial score (nSPS) is 20.3. The van der Waals surface area contributed by atoms with Crippen molar-refractivity contribution in [2.75, 3.05) is 13.1 Å². The van der Waals surface area contributed by atoms with Crippen LogP contribution < -0.4 is 5.32 Å². The summed E-state index contributed by atoms with van der Waals surface area (Å²) in [6.07, 6.45) is 3.84. The van der Waals surface area contributed by atoms with Gasteiger partial charge in [0.05, 0.1) is 18.7 Å². The Bertz CT molecular complexity index is 927. The van der Waals surface area contributed by atoms with Crippen LogP contribution in [0.3, 0.4) is 0 Å². The second-order valence-corrected chi connectivity index (χ2v) is 8.05. The molecule has 0 unspecified atom stereocenters. The van der Waals surface area contributed by atoms with Crippen LogP contribution in [-0.4, -0.2) is 45.4 Å². The second-order valence-electron chi connectivity index (χ2n) is 7.17. The van der Waals surface area contributed by atoms with Crippen LogP contribution in [0.15, 0.2) is 36.0 Å². The first-order valence-electron chi connectivity index (χ1n) is 9.17. The summed E-state index contributed by atoms with van der Waals surface area (Å²) in [5.41, 5.74) is 2.52. The van der Waals surface area contributed by atoms with Crippen LogP contribution in [0.2, 0.25) is 10.0 Å². The predicted molar refractivity (Wildman–Crippen MR) is 106 cm³/mol. The van der Waals surface area contributed by atoms with Gasteiger partial charge in [-0.2, -0.15) is 15.4 Å². The lowest BCUT2D eigenvalue weighted by atomic mass is 10.0. The van der Waals surface area contributed by atoms with Crippen LogP contribution in [0.4, 0.5) is 4.79 Å². The van der Waals surface area contributed by atoms with E-state index in [0.717, 1.165) is 11.1 Å². The van der Waals surface area contributed by atoms with Crippen molar-refractivity contribution in [2.24, 2.45) is 11.8 Å². The molecule has 0 radical (unpaired) electrons. The average Bonchev–Trinajstić information content (AvgIpc) is 3.39. The number of amides is 2. The number of aromatic nitrogens is 3. The summed E-state index contributed by atoms with van der Waals surface area (Å²) >= 11 is 11.9. The summed E-state index contributed by atoms with van der Waals surface area (Å²) < 4.78 is 5.39. The highest BCUT2D eigenvalue weighted by Crippen LogP contribution is 2.36.